The lowest BCUT2D eigenvalue weighted by Crippen LogP contribution is -1.96. The molecule has 2 aliphatic heterocycles. The molecular weight excluding hydrogens is 825 g/mol. The van der Waals surface area contributed by atoms with Crippen LogP contribution in [-0.4, -0.2) is 19.9 Å². The second-order valence-electron chi connectivity index (χ2n) is 21.2. The molecule has 2 aliphatic rings. The summed E-state index contributed by atoms with van der Waals surface area (Å²) in [7, 11) is 0. The van der Waals surface area contributed by atoms with Crippen LogP contribution in [0.4, 0.5) is 0 Å². The smallest absolute Gasteiger partial charge is 0.0690 e. The van der Waals surface area contributed by atoms with Crippen molar-refractivity contribution >= 4 is 46.4 Å². The third-order valence-electron chi connectivity index (χ3n) is 15.3. The summed E-state index contributed by atoms with van der Waals surface area (Å²) in [5.41, 5.74) is 15.1. The lowest BCUT2D eigenvalue weighted by atomic mass is 10.0. The van der Waals surface area contributed by atoms with Gasteiger partial charge >= 0.3 is 0 Å². The van der Waals surface area contributed by atoms with E-state index in [9.17, 15) is 0 Å². The summed E-state index contributed by atoms with van der Waals surface area (Å²) in [5, 5.41) is 0. The Hall–Kier alpha value is -3.40. The van der Waals surface area contributed by atoms with Gasteiger partial charge in [-0.25, -0.2) is 9.97 Å². The molecule has 0 saturated heterocycles. The number of H-pyrrole nitrogens is 2. The van der Waals surface area contributed by atoms with E-state index in [1.807, 2.05) is 0 Å². The van der Waals surface area contributed by atoms with Crippen molar-refractivity contribution in [3.63, 3.8) is 0 Å². The highest BCUT2D eigenvalue weighted by molar-refractivity contribution is 5.83. The maximum absolute atomic E-state index is 5.60. The Morgan fingerprint density at radius 2 is 0.426 bits per heavy atom. The molecule has 0 unspecified atom stereocenters. The summed E-state index contributed by atoms with van der Waals surface area (Å²) in [4.78, 5) is 19.3. The first kappa shape index (κ1) is 55.5. The molecule has 0 aliphatic carbocycles. The Kier molecular flexibility index (Phi) is 28.4. The summed E-state index contributed by atoms with van der Waals surface area (Å²) < 4.78 is 0. The maximum Gasteiger partial charge on any atom is 0.0690 e. The summed E-state index contributed by atoms with van der Waals surface area (Å²) in [6.07, 6.45) is 61.9. The number of aryl methyl sites for hydroxylation is 4. The van der Waals surface area contributed by atoms with Crippen LogP contribution < -0.4 is 0 Å². The van der Waals surface area contributed by atoms with Crippen molar-refractivity contribution in [3.05, 3.63) is 69.3 Å². The van der Waals surface area contributed by atoms with Gasteiger partial charge in [-0.05, 0) is 99.9 Å². The van der Waals surface area contributed by atoms with Crippen molar-refractivity contribution in [2.75, 3.05) is 0 Å². The van der Waals surface area contributed by atoms with Crippen molar-refractivity contribution in [1.29, 1.82) is 0 Å². The zero-order chi connectivity index (χ0) is 47.7. The van der Waals surface area contributed by atoms with E-state index in [1.165, 1.54) is 275 Å². The highest BCUT2D eigenvalue weighted by atomic mass is 14.8. The third kappa shape index (κ3) is 20.1. The average molecular weight is 928 g/mol. The first-order valence-corrected chi connectivity index (χ1v) is 29.8. The Labute approximate surface area is 418 Å². The van der Waals surface area contributed by atoms with Crippen LogP contribution in [0.1, 0.15) is 304 Å². The van der Waals surface area contributed by atoms with Crippen molar-refractivity contribution in [1.82, 2.24) is 19.9 Å². The van der Waals surface area contributed by atoms with Crippen LogP contribution >= 0.6 is 0 Å². The zero-order valence-corrected chi connectivity index (χ0v) is 44.8. The van der Waals surface area contributed by atoms with E-state index >= 15 is 0 Å². The van der Waals surface area contributed by atoms with Gasteiger partial charge in [-0.15, -0.1) is 0 Å². The monoisotopic (exact) mass is 927 g/mol. The van der Waals surface area contributed by atoms with Crippen LogP contribution in [0.25, 0.3) is 46.4 Å². The Morgan fingerprint density at radius 1 is 0.250 bits per heavy atom. The molecule has 0 spiro atoms. The van der Waals surface area contributed by atoms with E-state index in [2.05, 4.69) is 86.2 Å². The first-order chi connectivity index (χ1) is 33.7. The number of fused-ring (bicyclic) bond motifs is 8. The van der Waals surface area contributed by atoms with E-state index in [1.54, 1.807) is 0 Å². The van der Waals surface area contributed by atoms with E-state index < -0.39 is 0 Å². The molecule has 0 saturated carbocycles. The van der Waals surface area contributed by atoms with E-state index in [0.717, 1.165) is 48.5 Å². The molecule has 4 nitrogen and oxygen atoms in total. The minimum atomic E-state index is 1.05. The van der Waals surface area contributed by atoms with Gasteiger partial charge in [-0.3, -0.25) is 0 Å². The lowest BCUT2D eigenvalue weighted by Gasteiger charge is -2.07. The first-order valence-electron chi connectivity index (χ1n) is 29.8. The van der Waals surface area contributed by atoms with Gasteiger partial charge in [0.1, 0.15) is 0 Å². The quantitative estimate of drug-likeness (QED) is 0.0385. The molecule has 0 aromatic carbocycles. The normalized spacial score (nSPS) is 12.3. The van der Waals surface area contributed by atoms with E-state index in [0.29, 0.717) is 0 Å². The highest BCUT2D eigenvalue weighted by Gasteiger charge is 2.17. The lowest BCUT2D eigenvalue weighted by molar-refractivity contribution is 0.564. The minimum absolute atomic E-state index is 1.05. The van der Waals surface area contributed by atoms with Gasteiger partial charge in [0.25, 0.3) is 0 Å². The van der Waals surface area contributed by atoms with Gasteiger partial charge in [-0.1, -0.05) is 233 Å². The van der Waals surface area contributed by atoms with Gasteiger partial charge in [0.2, 0.25) is 0 Å². The molecule has 5 rings (SSSR count). The molecule has 3 aromatic rings. The summed E-state index contributed by atoms with van der Waals surface area (Å²) in [5.74, 6) is 0. The predicted octanol–water partition coefficient (Wildman–Crippen LogP) is 20.9. The van der Waals surface area contributed by atoms with Gasteiger partial charge < -0.3 is 9.97 Å². The molecule has 2 N–H and O–H groups in total. The Bertz CT molecular complexity index is 1750. The average Bonchev–Trinajstić information content (AvgIpc) is 4.21. The predicted molar refractivity (Wildman–Crippen MR) is 303 cm³/mol. The molecule has 0 amide bonds. The summed E-state index contributed by atoms with van der Waals surface area (Å²) in [6, 6.07) is 9.48. The SMILES string of the molecule is CCCCCCCCCCCc1c2nc(c(CCCCCCCCCCC)c3ccc([nH]3)c(CCCCCCCCCCC)c3nc(c(CCCCCCCCCCC)c4ccc1[nH]4)C=C3)C=C2. The maximum atomic E-state index is 5.60. The molecular formula is C64H102N4. The Balaban J connectivity index is 1.50. The fourth-order valence-corrected chi connectivity index (χ4v) is 10.9. The van der Waals surface area contributed by atoms with Gasteiger partial charge in [0.05, 0.1) is 22.8 Å². The van der Waals surface area contributed by atoms with Crippen LogP contribution in [0.5, 0.6) is 0 Å². The fraction of sp³-hybridized carbons (Fsp3) is 0.688. The minimum Gasteiger partial charge on any atom is -0.355 e. The number of nitrogens with one attached hydrogen (secondary N) is 2. The molecule has 68 heavy (non-hydrogen) atoms. The van der Waals surface area contributed by atoms with Gasteiger partial charge in [-0.2, -0.15) is 0 Å². The standard InChI is InChI=1S/C64H102N4/c1-5-9-13-17-21-25-29-33-37-41-53-57-45-47-59(65-57)54(42-38-34-30-26-22-18-14-10-6-2)61-49-51-63(67-61)56(44-40-36-32-28-24-20-16-12-8-4)64-52-50-62(68-64)55(60-48-46-58(53)66-60)43-39-35-31-27-23-19-15-11-7-3/h45-52,65,68H,5-44H2,1-4H3. The number of aromatic nitrogens is 4. The molecule has 4 heteroatoms. The molecule has 0 atom stereocenters. The third-order valence-corrected chi connectivity index (χ3v) is 15.3. The second kappa shape index (κ2) is 34.8. The van der Waals surface area contributed by atoms with Crippen molar-refractivity contribution in [3.8, 4) is 0 Å². The summed E-state index contributed by atoms with van der Waals surface area (Å²) in [6.45, 7) is 9.26. The largest absolute Gasteiger partial charge is 0.355 e. The van der Waals surface area contributed by atoms with Crippen LogP contribution in [0.3, 0.4) is 0 Å². The molecule has 3 aromatic heterocycles. The number of nitrogens with zero attached hydrogens (tertiary/aromatic N) is 2. The molecule has 378 valence electrons. The van der Waals surface area contributed by atoms with Crippen LogP contribution in [0, 0.1) is 0 Å². The number of hydrogen-bond donors (Lipinski definition) is 2. The van der Waals surface area contributed by atoms with Crippen LogP contribution in [0.2, 0.25) is 0 Å². The number of rotatable bonds is 40. The Morgan fingerprint density at radius 3 is 0.618 bits per heavy atom. The molecule has 0 radical (unpaired) electrons. The van der Waals surface area contributed by atoms with Gasteiger partial charge in [0.15, 0.2) is 0 Å². The fourth-order valence-electron chi connectivity index (χ4n) is 10.9. The topological polar surface area (TPSA) is 57.4 Å². The van der Waals surface area contributed by atoms with E-state index in [4.69, 9.17) is 9.97 Å². The number of aromatic amines is 2. The van der Waals surface area contributed by atoms with E-state index in [-0.39, 0.29) is 0 Å². The molecule has 5 heterocycles. The summed E-state index contributed by atoms with van der Waals surface area (Å²) >= 11 is 0. The zero-order valence-electron chi connectivity index (χ0n) is 44.8. The number of hydrogen-bond acceptors (Lipinski definition) is 2. The van der Waals surface area contributed by atoms with Crippen LogP contribution in [0.15, 0.2) is 24.3 Å². The van der Waals surface area contributed by atoms with Crippen molar-refractivity contribution in [2.24, 2.45) is 0 Å². The molecule has 8 bridgehead atoms. The highest BCUT2D eigenvalue weighted by Crippen LogP contribution is 2.30. The molecule has 0 fully saturated rings. The van der Waals surface area contributed by atoms with Crippen molar-refractivity contribution < 1.29 is 0 Å². The van der Waals surface area contributed by atoms with Gasteiger partial charge in [0, 0.05) is 44.3 Å². The van der Waals surface area contributed by atoms with Crippen molar-refractivity contribution in [2.45, 2.75) is 285 Å². The second-order valence-corrected chi connectivity index (χ2v) is 21.2. The van der Waals surface area contributed by atoms with Crippen LogP contribution in [-0.2, 0) is 25.7 Å². The number of unbranched alkanes of at least 4 members (excludes halogenated alkanes) is 32.